The van der Waals surface area contributed by atoms with Crippen molar-refractivity contribution in [2.45, 2.75) is 13.8 Å². The molecule has 0 spiro atoms. The van der Waals surface area contributed by atoms with E-state index in [0.717, 1.165) is 5.56 Å². The van der Waals surface area contributed by atoms with Gasteiger partial charge in [-0.25, -0.2) is 4.79 Å². The van der Waals surface area contributed by atoms with Crippen LogP contribution in [0.3, 0.4) is 0 Å². The molecule has 0 fully saturated rings. The summed E-state index contributed by atoms with van der Waals surface area (Å²) in [5.41, 5.74) is 1.99. The number of carbonyl (C=O) groups excluding carboxylic acids is 1. The fourth-order valence-electron chi connectivity index (χ4n) is 2.04. The summed E-state index contributed by atoms with van der Waals surface area (Å²) in [4.78, 5) is 22.7. The van der Waals surface area contributed by atoms with Crippen LogP contribution in [0.1, 0.15) is 33.3 Å². The summed E-state index contributed by atoms with van der Waals surface area (Å²) in [7, 11) is 1.57. The van der Waals surface area contributed by atoms with Crippen molar-refractivity contribution >= 4 is 11.8 Å². The average molecular weight is 273 g/mol. The smallest absolute Gasteiger partial charge is 0.352 e. The third-order valence-corrected chi connectivity index (χ3v) is 3.11. The molecule has 0 unspecified atom stereocenters. The average Bonchev–Trinajstić information content (AvgIpc) is 2.83. The second kappa shape index (κ2) is 5.21. The van der Waals surface area contributed by atoms with Crippen LogP contribution in [-0.2, 0) is 0 Å². The minimum absolute atomic E-state index is 0.0588. The van der Waals surface area contributed by atoms with Crippen LogP contribution in [-0.4, -0.2) is 28.5 Å². The molecule has 1 N–H and O–H groups in total. The summed E-state index contributed by atoms with van der Waals surface area (Å²) < 4.78 is 6.64. The lowest BCUT2D eigenvalue weighted by atomic mass is 10.2. The zero-order valence-electron chi connectivity index (χ0n) is 11.5. The van der Waals surface area contributed by atoms with Crippen LogP contribution in [0.25, 0.3) is 5.69 Å². The number of rotatable bonds is 4. The SMILES string of the molecule is COc1ccc(-n2cc(C(C)=O)cc2C(=O)O)c(C)c1. The Morgan fingerprint density at radius 3 is 2.45 bits per heavy atom. The molecular formula is C15H15NO4. The monoisotopic (exact) mass is 273 g/mol. The molecule has 0 aliphatic heterocycles. The molecule has 0 aliphatic carbocycles. The van der Waals surface area contributed by atoms with Crippen molar-refractivity contribution < 1.29 is 19.4 Å². The lowest BCUT2D eigenvalue weighted by molar-refractivity contribution is 0.0688. The zero-order chi connectivity index (χ0) is 14.9. The number of carboxylic acids is 1. The van der Waals surface area contributed by atoms with Gasteiger partial charge in [0.2, 0.25) is 0 Å². The van der Waals surface area contributed by atoms with Crippen molar-refractivity contribution in [2.24, 2.45) is 0 Å². The van der Waals surface area contributed by atoms with E-state index in [1.165, 1.54) is 17.6 Å². The maximum absolute atomic E-state index is 11.4. The van der Waals surface area contributed by atoms with E-state index in [1.807, 2.05) is 13.0 Å². The van der Waals surface area contributed by atoms with Gasteiger partial charge < -0.3 is 14.4 Å². The molecule has 0 radical (unpaired) electrons. The number of hydrogen-bond acceptors (Lipinski definition) is 3. The molecule has 1 heterocycles. The van der Waals surface area contributed by atoms with Crippen molar-refractivity contribution in [1.82, 2.24) is 4.57 Å². The molecule has 0 bridgehead atoms. The predicted octanol–water partition coefficient (Wildman–Crippen LogP) is 2.70. The first-order valence-electron chi connectivity index (χ1n) is 6.05. The summed E-state index contributed by atoms with van der Waals surface area (Å²) in [6.45, 7) is 3.27. The van der Waals surface area contributed by atoms with E-state index < -0.39 is 5.97 Å². The standard InChI is InChI=1S/C15H15NO4/c1-9-6-12(20-3)4-5-13(9)16-8-11(10(2)17)7-14(16)15(18)19/h4-8H,1-3H3,(H,18,19). The molecule has 0 saturated carbocycles. The second-order valence-electron chi connectivity index (χ2n) is 4.50. The van der Waals surface area contributed by atoms with Crippen LogP contribution < -0.4 is 4.74 Å². The van der Waals surface area contributed by atoms with Gasteiger partial charge in [0.15, 0.2) is 5.78 Å². The minimum Gasteiger partial charge on any atom is -0.497 e. The molecule has 2 rings (SSSR count). The Morgan fingerprint density at radius 1 is 1.25 bits per heavy atom. The molecule has 0 saturated heterocycles. The highest BCUT2D eigenvalue weighted by Crippen LogP contribution is 2.23. The first kappa shape index (κ1) is 13.9. The lowest BCUT2D eigenvalue weighted by Gasteiger charge is -2.11. The molecule has 5 nitrogen and oxygen atoms in total. The number of aromatic carboxylic acids is 1. The number of ketones is 1. The van der Waals surface area contributed by atoms with Crippen molar-refractivity contribution in [3.8, 4) is 11.4 Å². The number of benzene rings is 1. The van der Waals surface area contributed by atoms with E-state index in [1.54, 1.807) is 25.4 Å². The van der Waals surface area contributed by atoms with Gasteiger partial charge in [0, 0.05) is 17.4 Å². The number of methoxy groups -OCH3 is 1. The van der Waals surface area contributed by atoms with Gasteiger partial charge in [0.1, 0.15) is 11.4 Å². The summed E-state index contributed by atoms with van der Waals surface area (Å²) >= 11 is 0. The molecular weight excluding hydrogens is 258 g/mol. The normalized spacial score (nSPS) is 10.3. The number of nitrogens with zero attached hydrogens (tertiary/aromatic N) is 1. The van der Waals surface area contributed by atoms with Crippen LogP contribution in [0, 0.1) is 6.92 Å². The van der Waals surface area contributed by atoms with E-state index in [4.69, 9.17) is 4.74 Å². The van der Waals surface area contributed by atoms with E-state index in [2.05, 4.69) is 0 Å². The third kappa shape index (κ3) is 2.42. The van der Waals surface area contributed by atoms with Gasteiger partial charge in [-0.15, -0.1) is 0 Å². The third-order valence-electron chi connectivity index (χ3n) is 3.11. The maximum Gasteiger partial charge on any atom is 0.352 e. The van der Waals surface area contributed by atoms with Crippen molar-refractivity contribution in [2.75, 3.05) is 7.11 Å². The number of aryl methyl sites for hydroxylation is 1. The Morgan fingerprint density at radius 2 is 1.95 bits per heavy atom. The van der Waals surface area contributed by atoms with Crippen molar-refractivity contribution in [3.63, 3.8) is 0 Å². The Balaban J connectivity index is 2.62. The van der Waals surface area contributed by atoms with Gasteiger partial charge >= 0.3 is 5.97 Å². The first-order chi connectivity index (χ1) is 9.43. The van der Waals surface area contributed by atoms with E-state index in [0.29, 0.717) is 17.0 Å². The summed E-state index contributed by atoms with van der Waals surface area (Å²) in [5, 5.41) is 9.26. The molecule has 2 aromatic rings. The largest absolute Gasteiger partial charge is 0.497 e. The summed E-state index contributed by atoms with van der Waals surface area (Å²) in [5.74, 6) is -0.549. The number of carbonyl (C=O) groups is 2. The van der Waals surface area contributed by atoms with Crippen LogP contribution >= 0.6 is 0 Å². The quantitative estimate of drug-likeness (QED) is 0.870. The lowest BCUT2D eigenvalue weighted by Crippen LogP contribution is -2.06. The molecule has 0 amide bonds. The van der Waals surface area contributed by atoms with E-state index in [9.17, 15) is 14.7 Å². The highest BCUT2D eigenvalue weighted by molar-refractivity contribution is 5.97. The molecule has 104 valence electrons. The minimum atomic E-state index is -1.08. The maximum atomic E-state index is 11.4. The first-order valence-corrected chi connectivity index (χ1v) is 6.05. The predicted molar refractivity (Wildman–Crippen MR) is 74.0 cm³/mol. The molecule has 20 heavy (non-hydrogen) atoms. The highest BCUT2D eigenvalue weighted by atomic mass is 16.5. The molecule has 5 heteroatoms. The number of ether oxygens (including phenoxy) is 1. The second-order valence-corrected chi connectivity index (χ2v) is 4.50. The van der Waals surface area contributed by atoms with E-state index in [-0.39, 0.29) is 11.5 Å². The van der Waals surface area contributed by atoms with Crippen LogP contribution in [0.4, 0.5) is 0 Å². The molecule has 1 aromatic carbocycles. The van der Waals surface area contributed by atoms with Gasteiger partial charge in [-0.1, -0.05) is 0 Å². The Bertz CT molecular complexity index is 685. The van der Waals surface area contributed by atoms with Crippen LogP contribution in [0.2, 0.25) is 0 Å². The fourth-order valence-corrected chi connectivity index (χ4v) is 2.04. The van der Waals surface area contributed by atoms with Gasteiger partial charge in [0.05, 0.1) is 7.11 Å². The summed E-state index contributed by atoms with van der Waals surface area (Å²) in [6, 6.07) is 6.72. The van der Waals surface area contributed by atoms with Crippen molar-refractivity contribution in [1.29, 1.82) is 0 Å². The van der Waals surface area contributed by atoms with Crippen LogP contribution in [0.15, 0.2) is 30.5 Å². The highest BCUT2D eigenvalue weighted by Gasteiger charge is 2.17. The molecule has 0 aliphatic rings. The molecule has 1 aromatic heterocycles. The zero-order valence-corrected chi connectivity index (χ0v) is 11.5. The van der Waals surface area contributed by atoms with Gasteiger partial charge in [-0.05, 0) is 43.7 Å². The van der Waals surface area contributed by atoms with Gasteiger partial charge in [-0.3, -0.25) is 4.79 Å². The fraction of sp³-hybridized carbons (Fsp3) is 0.200. The number of carboxylic acid groups (broad SMARTS) is 1. The summed E-state index contributed by atoms with van der Waals surface area (Å²) in [6.07, 6.45) is 1.54. The Hall–Kier alpha value is -2.56. The topological polar surface area (TPSA) is 68.5 Å². The van der Waals surface area contributed by atoms with Gasteiger partial charge in [0.25, 0.3) is 0 Å². The number of hydrogen-bond donors (Lipinski definition) is 1. The molecule has 0 atom stereocenters. The Labute approximate surface area is 116 Å². The van der Waals surface area contributed by atoms with Gasteiger partial charge in [-0.2, -0.15) is 0 Å². The number of aromatic nitrogens is 1. The van der Waals surface area contributed by atoms with E-state index >= 15 is 0 Å². The number of Topliss-reactive ketones (excluding diaryl/α,β-unsaturated/α-hetero) is 1. The van der Waals surface area contributed by atoms with Crippen molar-refractivity contribution in [3.05, 3.63) is 47.3 Å². The Kier molecular flexibility index (Phi) is 3.61. The van der Waals surface area contributed by atoms with Crippen LogP contribution in [0.5, 0.6) is 5.75 Å².